The van der Waals surface area contributed by atoms with Crippen LogP contribution in [-0.2, 0) is 9.59 Å². The minimum Gasteiger partial charge on any atom is -0.355 e. The maximum Gasteiger partial charge on any atom is 0.230 e. The molecule has 6 heteroatoms. The van der Waals surface area contributed by atoms with Gasteiger partial charge in [0, 0.05) is 23.8 Å². The van der Waals surface area contributed by atoms with Crippen LogP contribution in [0.1, 0.15) is 40.0 Å². The van der Waals surface area contributed by atoms with Crippen LogP contribution >= 0.6 is 11.8 Å². The Bertz CT molecular complexity index is 323. The number of rotatable bonds is 6. The van der Waals surface area contributed by atoms with E-state index in [2.05, 4.69) is 16.0 Å². The third-order valence-electron chi connectivity index (χ3n) is 2.92. The molecular weight excluding hydrogens is 274 g/mol. The van der Waals surface area contributed by atoms with E-state index in [0.717, 1.165) is 25.9 Å². The maximum absolute atomic E-state index is 11.7. The molecule has 0 bridgehead atoms. The molecule has 0 radical (unpaired) electrons. The fourth-order valence-electron chi connectivity index (χ4n) is 2.00. The van der Waals surface area contributed by atoms with Gasteiger partial charge in [-0.1, -0.05) is 0 Å². The van der Waals surface area contributed by atoms with Gasteiger partial charge in [0.25, 0.3) is 0 Å². The molecule has 5 nitrogen and oxygen atoms in total. The van der Waals surface area contributed by atoms with Gasteiger partial charge < -0.3 is 16.0 Å². The van der Waals surface area contributed by atoms with Crippen molar-refractivity contribution in [3.05, 3.63) is 0 Å². The predicted octanol–water partition coefficient (Wildman–Crippen LogP) is 0.893. The SMILES string of the molecule is CC(C)(C)NC(=O)CCNC(=O)CSC1CCNCC1. The number of hydrogen-bond acceptors (Lipinski definition) is 4. The second-order valence-electron chi connectivity index (χ2n) is 6.16. The van der Waals surface area contributed by atoms with Crippen molar-refractivity contribution in [1.29, 1.82) is 0 Å². The van der Waals surface area contributed by atoms with E-state index in [9.17, 15) is 9.59 Å². The molecule has 0 unspecified atom stereocenters. The van der Waals surface area contributed by atoms with Gasteiger partial charge in [-0.3, -0.25) is 9.59 Å². The van der Waals surface area contributed by atoms with Crippen molar-refractivity contribution < 1.29 is 9.59 Å². The fourth-order valence-corrected chi connectivity index (χ4v) is 3.06. The van der Waals surface area contributed by atoms with Gasteiger partial charge in [0.15, 0.2) is 0 Å². The van der Waals surface area contributed by atoms with E-state index >= 15 is 0 Å². The lowest BCUT2D eigenvalue weighted by atomic mass is 10.1. The highest BCUT2D eigenvalue weighted by atomic mass is 32.2. The maximum atomic E-state index is 11.7. The Morgan fingerprint density at radius 1 is 1.20 bits per heavy atom. The third-order valence-corrected chi connectivity index (χ3v) is 4.30. The molecule has 116 valence electrons. The molecule has 3 N–H and O–H groups in total. The van der Waals surface area contributed by atoms with Gasteiger partial charge >= 0.3 is 0 Å². The van der Waals surface area contributed by atoms with E-state index in [1.54, 1.807) is 11.8 Å². The predicted molar refractivity (Wildman–Crippen MR) is 83.9 cm³/mol. The van der Waals surface area contributed by atoms with Crippen LogP contribution in [0.2, 0.25) is 0 Å². The van der Waals surface area contributed by atoms with Crippen LogP contribution in [0.5, 0.6) is 0 Å². The van der Waals surface area contributed by atoms with E-state index in [1.807, 2.05) is 20.8 Å². The molecule has 1 aliphatic rings. The van der Waals surface area contributed by atoms with Crippen molar-refractivity contribution in [1.82, 2.24) is 16.0 Å². The lowest BCUT2D eigenvalue weighted by Gasteiger charge is -2.22. The topological polar surface area (TPSA) is 70.2 Å². The lowest BCUT2D eigenvalue weighted by Crippen LogP contribution is -2.42. The Balaban J connectivity index is 2.06. The molecule has 1 heterocycles. The zero-order valence-corrected chi connectivity index (χ0v) is 13.6. The van der Waals surface area contributed by atoms with E-state index in [1.165, 1.54) is 0 Å². The first kappa shape index (κ1) is 17.3. The summed E-state index contributed by atoms with van der Waals surface area (Å²) in [5.41, 5.74) is -0.216. The molecule has 0 spiro atoms. The Labute approximate surface area is 126 Å². The van der Waals surface area contributed by atoms with Crippen LogP contribution in [0.15, 0.2) is 0 Å². The molecule has 0 aliphatic carbocycles. The molecule has 20 heavy (non-hydrogen) atoms. The van der Waals surface area contributed by atoms with Gasteiger partial charge in [0.1, 0.15) is 0 Å². The highest BCUT2D eigenvalue weighted by Gasteiger charge is 2.16. The van der Waals surface area contributed by atoms with Crippen LogP contribution in [-0.4, -0.2) is 48.0 Å². The van der Waals surface area contributed by atoms with Crippen LogP contribution in [0.25, 0.3) is 0 Å². The molecule has 1 fully saturated rings. The third kappa shape index (κ3) is 8.43. The van der Waals surface area contributed by atoms with Crippen molar-refractivity contribution in [3.8, 4) is 0 Å². The summed E-state index contributed by atoms with van der Waals surface area (Å²) in [6, 6.07) is 0. The highest BCUT2D eigenvalue weighted by Crippen LogP contribution is 2.19. The summed E-state index contributed by atoms with van der Waals surface area (Å²) in [4.78, 5) is 23.2. The first-order valence-electron chi connectivity index (χ1n) is 7.27. The average Bonchev–Trinajstić information content (AvgIpc) is 2.35. The molecule has 0 atom stereocenters. The van der Waals surface area contributed by atoms with E-state index < -0.39 is 0 Å². The monoisotopic (exact) mass is 301 g/mol. The van der Waals surface area contributed by atoms with Crippen LogP contribution in [0.4, 0.5) is 0 Å². The van der Waals surface area contributed by atoms with Gasteiger partial charge in [-0.05, 0) is 46.7 Å². The smallest absolute Gasteiger partial charge is 0.230 e. The number of carbonyl (C=O) groups excluding carboxylic acids is 2. The Morgan fingerprint density at radius 3 is 2.45 bits per heavy atom. The number of amides is 2. The number of nitrogens with one attached hydrogen (secondary N) is 3. The number of thioether (sulfide) groups is 1. The van der Waals surface area contributed by atoms with Crippen molar-refractivity contribution in [3.63, 3.8) is 0 Å². The molecule has 1 saturated heterocycles. The first-order valence-corrected chi connectivity index (χ1v) is 8.32. The van der Waals surface area contributed by atoms with E-state index in [-0.39, 0.29) is 17.4 Å². The van der Waals surface area contributed by atoms with Gasteiger partial charge in [-0.15, -0.1) is 11.8 Å². The second kappa shape index (κ2) is 8.52. The quantitative estimate of drug-likeness (QED) is 0.681. The fraction of sp³-hybridized carbons (Fsp3) is 0.857. The van der Waals surface area contributed by atoms with Crippen LogP contribution in [0, 0.1) is 0 Å². The molecule has 0 aromatic rings. The normalized spacial score (nSPS) is 16.8. The summed E-state index contributed by atoms with van der Waals surface area (Å²) >= 11 is 1.72. The second-order valence-corrected chi connectivity index (χ2v) is 7.45. The van der Waals surface area contributed by atoms with Crippen LogP contribution < -0.4 is 16.0 Å². The van der Waals surface area contributed by atoms with Gasteiger partial charge in [-0.2, -0.15) is 0 Å². The Kier molecular flexibility index (Phi) is 7.37. The molecule has 0 aromatic carbocycles. The molecule has 2 amide bonds. The van der Waals surface area contributed by atoms with Crippen molar-refractivity contribution in [2.75, 3.05) is 25.4 Å². The Morgan fingerprint density at radius 2 is 1.85 bits per heavy atom. The summed E-state index contributed by atoms with van der Waals surface area (Å²) in [5.74, 6) is 0.492. The summed E-state index contributed by atoms with van der Waals surface area (Å²) in [6.07, 6.45) is 2.60. The van der Waals surface area contributed by atoms with Gasteiger partial charge in [-0.25, -0.2) is 0 Å². The molecular formula is C14H27N3O2S. The molecule has 1 aliphatic heterocycles. The van der Waals surface area contributed by atoms with Crippen molar-refractivity contribution in [2.24, 2.45) is 0 Å². The average molecular weight is 301 g/mol. The van der Waals surface area contributed by atoms with Crippen LogP contribution in [0.3, 0.4) is 0 Å². The minimum absolute atomic E-state index is 0.0243. The zero-order chi connectivity index (χ0) is 15.0. The van der Waals surface area contributed by atoms with E-state index in [0.29, 0.717) is 24.0 Å². The molecule has 1 rings (SSSR count). The number of piperidine rings is 1. The minimum atomic E-state index is -0.216. The summed E-state index contributed by atoms with van der Waals surface area (Å²) in [6.45, 7) is 8.34. The summed E-state index contributed by atoms with van der Waals surface area (Å²) in [5, 5.41) is 9.58. The summed E-state index contributed by atoms with van der Waals surface area (Å²) in [7, 11) is 0. The largest absolute Gasteiger partial charge is 0.355 e. The van der Waals surface area contributed by atoms with E-state index in [4.69, 9.17) is 0 Å². The van der Waals surface area contributed by atoms with Crippen molar-refractivity contribution in [2.45, 2.75) is 50.8 Å². The first-order chi connectivity index (χ1) is 9.37. The van der Waals surface area contributed by atoms with Crippen molar-refractivity contribution >= 4 is 23.6 Å². The Hall–Kier alpha value is -0.750. The molecule has 0 saturated carbocycles. The summed E-state index contributed by atoms with van der Waals surface area (Å²) < 4.78 is 0. The zero-order valence-electron chi connectivity index (χ0n) is 12.8. The number of hydrogen-bond donors (Lipinski definition) is 3. The van der Waals surface area contributed by atoms with Gasteiger partial charge in [0.2, 0.25) is 11.8 Å². The highest BCUT2D eigenvalue weighted by molar-refractivity contribution is 8.00. The lowest BCUT2D eigenvalue weighted by molar-refractivity contribution is -0.122. The standard InChI is InChI=1S/C14H27N3O2S/c1-14(2,3)17-12(18)6-9-16-13(19)10-20-11-4-7-15-8-5-11/h11,15H,4-10H2,1-3H3,(H,16,19)(H,17,18). The molecule has 0 aromatic heterocycles. The number of carbonyl (C=O) groups is 2. The van der Waals surface area contributed by atoms with Gasteiger partial charge in [0.05, 0.1) is 5.75 Å².